The molecule has 0 bridgehead atoms. The lowest BCUT2D eigenvalue weighted by Crippen LogP contribution is -2.35. The van der Waals surface area contributed by atoms with Gasteiger partial charge in [-0.05, 0) is 44.0 Å². The molecule has 3 heteroatoms. The SMILES string of the molecule is Cc1cc2oc3ccccc3c2cc1-[n+]1c(-c2c(C)cccc2C)oc(-c2ccccc2)c1C. The van der Waals surface area contributed by atoms with E-state index in [1.54, 1.807) is 0 Å². The number of nitrogens with zero attached hydrogens (tertiary/aromatic N) is 1. The first kappa shape index (κ1) is 20.5. The molecule has 0 aliphatic rings. The van der Waals surface area contributed by atoms with Crippen LogP contribution in [0.2, 0.25) is 0 Å². The molecule has 6 rings (SSSR count). The molecule has 0 saturated heterocycles. The van der Waals surface area contributed by atoms with E-state index in [2.05, 4.69) is 99.0 Å². The molecule has 0 unspecified atom stereocenters. The molecule has 0 aliphatic heterocycles. The summed E-state index contributed by atoms with van der Waals surface area (Å²) >= 11 is 0. The molecule has 166 valence electrons. The number of hydrogen-bond donors (Lipinski definition) is 0. The molecule has 0 aliphatic carbocycles. The highest BCUT2D eigenvalue weighted by atomic mass is 16.4. The van der Waals surface area contributed by atoms with Crippen molar-refractivity contribution in [3.8, 4) is 28.5 Å². The zero-order chi connectivity index (χ0) is 23.4. The van der Waals surface area contributed by atoms with Crippen LogP contribution in [0.25, 0.3) is 50.4 Å². The van der Waals surface area contributed by atoms with Crippen LogP contribution in [0.1, 0.15) is 22.4 Å². The summed E-state index contributed by atoms with van der Waals surface area (Å²) in [6.07, 6.45) is 0. The number of aromatic nitrogens is 1. The van der Waals surface area contributed by atoms with Gasteiger partial charge in [0.15, 0.2) is 0 Å². The third-order valence-electron chi connectivity index (χ3n) is 6.73. The fourth-order valence-corrected chi connectivity index (χ4v) is 5.03. The van der Waals surface area contributed by atoms with Crippen molar-refractivity contribution in [1.29, 1.82) is 0 Å². The van der Waals surface area contributed by atoms with E-state index in [4.69, 9.17) is 8.83 Å². The lowest BCUT2D eigenvalue weighted by atomic mass is 10.0. The molecule has 2 heterocycles. The molecule has 2 aromatic heterocycles. The third kappa shape index (κ3) is 3.08. The highest BCUT2D eigenvalue weighted by Crippen LogP contribution is 2.35. The molecule has 0 fully saturated rings. The summed E-state index contributed by atoms with van der Waals surface area (Å²) in [6, 6.07) is 29.3. The van der Waals surface area contributed by atoms with E-state index in [1.165, 1.54) is 11.1 Å². The van der Waals surface area contributed by atoms with Gasteiger partial charge >= 0.3 is 5.89 Å². The predicted molar refractivity (Wildman–Crippen MR) is 137 cm³/mol. The maximum absolute atomic E-state index is 6.71. The Labute approximate surface area is 198 Å². The number of oxazole rings is 1. The number of aryl methyl sites for hydroxylation is 3. The summed E-state index contributed by atoms with van der Waals surface area (Å²) < 4.78 is 15.1. The molecule has 0 saturated carbocycles. The monoisotopic (exact) mass is 444 g/mol. The fraction of sp³-hybridized carbons (Fsp3) is 0.129. The summed E-state index contributed by atoms with van der Waals surface area (Å²) in [5, 5.41) is 2.23. The molecular formula is C31H26NO2+. The fourth-order valence-electron chi connectivity index (χ4n) is 5.03. The Morgan fingerprint density at radius 1 is 0.588 bits per heavy atom. The van der Waals surface area contributed by atoms with Crippen molar-refractivity contribution in [3.05, 3.63) is 107 Å². The number of rotatable bonds is 3. The summed E-state index contributed by atoms with van der Waals surface area (Å²) in [4.78, 5) is 0. The molecule has 0 atom stereocenters. The van der Waals surface area contributed by atoms with E-state index in [9.17, 15) is 0 Å². The van der Waals surface area contributed by atoms with Crippen molar-refractivity contribution in [2.45, 2.75) is 27.7 Å². The predicted octanol–water partition coefficient (Wildman–Crippen LogP) is 8.02. The minimum absolute atomic E-state index is 0.849. The smallest absolute Gasteiger partial charge is 0.387 e. The van der Waals surface area contributed by atoms with E-state index >= 15 is 0 Å². The van der Waals surface area contributed by atoms with Crippen molar-refractivity contribution in [3.63, 3.8) is 0 Å². The van der Waals surface area contributed by atoms with E-state index in [-0.39, 0.29) is 0 Å². The first-order valence-electron chi connectivity index (χ1n) is 11.6. The second-order valence-electron chi connectivity index (χ2n) is 9.02. The third-order valence-corrected chi connectivity index (χ3v) is 6.73. The van der Waals surface area contributed by atoms with Crippen LogP contribution in [-0.2, 0) is 0 Å². The van der Waals surface area contributed by atoms with Gasteiger partial charge in [-0.2, -0.15) is 0 Å². The standard InChI is InChI=1S/C31H26NO2/c1-19-11-10-12-20(2)29(19)31-32(22(4)30(34-31)23-13-6-5-7-14-23)26-18-25-24-15-8-9-16-27(24)33-28(25)17-21(26)3/h5-18H,1-4H3/q+1. The zero-order valence-corrected chi connectivity index (χ0v) is 19.8. The van der Waals surface area contributed by atoms with Crippen molar-refractivity contribution in [2.24, 2.45) is 0 Å². The molecule has 6 aromatic rings. The Morgan fingerprint density at radius 3 is 2.06 bits per heavy atom. The first-order valence-corrected chi connectivity index (χ1v) is 11.6. The number of hydrogen-bond acceptors (Lipinski definition) is 2. The molecule has 0 spiro atoms. The van der Waals surface area contributed by atoms with Crippen LogP contribution < -0.4 is 4.57 Å². The Balaban J connectivity index is 1.71. The molecule has 34 heavy (non-hydrogen) atoms. The second kappa shape index (κ2) is 7.74. The normalized spacial score (nSPS) is 11.5. The maximum Gasteiger partial charge on any atom is 0.387 e. The zero-order valence-electron chi connectivity index (χ0n) is 19.8. The summed E-state index contributed by atoms with van der Waals surface area (Å²) in [5.41, 5.74) is 9.68. The maximum atomic E-state index is 6.71. The highest BCUT2D eigenvalue weighted by molar-refractivity contribution is 6.05. The van der Waals surface area contributed by atoms with Gasteiger partial charge in [0.1, 0.15) is 11.2 Å². The van der Waals surface area contributed by atoms with Crippen LogP contribution >= 0.6 is 0 Å². The van der Waals surface area contributed by atoms with Crippen LogP contribution in [0.4, 0.5) is 0 Å². The van der Waals surface area contributed by atoms with Gasteiger partial charge in [0, 0.05) is 34.9 Å². The van der Waals surface area contributed by atoms with Gasteiger partial charge in [-0.3, -0.25) is 0 Å². The summed E-state index contributed by atoms with van der Waals surface area (Å²) in [5.74, 6) is 1.73. The minimum atomic E-state index is 0.849. The van der Waals surface area contributed by atoms with Crippen LogP contribution in [-0.4, -0.2) is 0 Å². The van der Waals surface area contributed by atoms with Gasteiger partial charge in [-0.25, -0.2) is 0 Å². The van der Waals surface area contributed by atoms with Crippen LogP contribution in [0.15, 0.2) is 93.8 Å². The van der Waals surface area contributed by atoms with Crippen molar-refractivity contribution < 1.29 is 13.4 Å². The van der Waals surface area contributed by atoms with Crippen LogP contribution in [0.5, 0.6) is 0 Å². The number of fused-ring (bicyclic) bond motifs is 3. The molecular weight excluding hydrogens is 418 g/mol. The molecule has 0 amide bonds. The molecule has 3 nitrogen and oxygen atoms in total. The summed E-state index contributed by atoms with van der Waals surface area (Å²) in [6.45, 7) is 8.57. The Morgan fingerprint density at radius 2 is 1.29 bits per heavy atom. The van der Waals surface area contributed by atoms with Crippen molar-refractivity contribution >= 4 is 21.9 Å². The van der Waals surface area contributed by atoms with Crippen molar-refractivity contribution in [1.82, 2.24) is 0 Å². The Kier molecular flexibility index (Phi) is 4.66. The number of furan rings is 1. The van der Waals surface area contributed by atoms with Gasteiger partial charge in [-0.1, -0.05) is 66.7 Å². The van der Waals surface area contributed by atoms with Crippen LogP contribution in [0, 0.1) is 27.7 Å². The molecule has 0 radical (unpaired) electrons. The van der Waals surface area contributed by atoms with Gasteiger partial charge in [0.05, 0.1) is 5.56 Å². The highest BCUT2D eigenvalue weighted by Gasteiger charge is 2.33. The summed E-state index contributed by atoms with van der Waals surface area (Å²) in [7, 11) is 0. The lowest BCUT2D eigenvalue weighted by Gasteiger charge is -2.06. The number of benzene rings is 4. The van der Waals surface area contributed by atoms with Gasteiger partial charge in [0.25, 0.3) is 0 Å². The van der Waals surface area contributed by atoms with Gasteiger partial charge in [0.2, 0.25) is 17.1 Å². The van der Waals surface area contributed by atoms with E-state index in [0.29, 0.717) is 0 Å². The van der Waals surface area contributed by atoms with E-state index in [0.717, 1.165) is 61.7 Å². The topological polar surface area (TPSA) is 30.2 Å². The Hall–Kier alpha value is -4.11. The molecule has 0 N–H and O–H groups in total. The average Bonchev–Trinajstić information content (AvgIpc) is 3.36. The molecule has 4 aromatic carbocycles. The number of para-hydroxylation sites is 1. The first-order chi connectivity index (χ1) is 16.5. The largest absolute Gasteiger partial charge is 0.456 e. The van der Waals surface area contributed by atoms with Gasteiger partial charge < -0.3 is 8.83 Å². The second-order valence-corrected chi connectivity index (χ2v) is 9.02. The minimum Gasteiger partial charge on any atom is -0.456 e. The van der Waals surface area contributed by atoms with E-state index in [1.807, 2.05) is 18.2 Å². The van der Waals surface area contributed by atoms with E-state index < -0.39 is 0 Å². The lowest BCUT2D eigenvalue weighted by molar-refractivity contribution is -0.593. The average molecular weight is 445 g/mol. The van der Waals surface area contributed by atoms with Crippen molar-refractivity contribution in [2.75, 3.05) is 0 Å². The van der Waals surface area contributed by atoms with Crippen LogP contribution in [0.3, 0.4) is 0 Å². The Bertz CT molecular complexity index is 1670. The quantitative estimate of drug-likeness (QED) is 0.259. The van der Waals surface area contributed by atoms with Gasteiger partial charge in [-0.15, -0.1) is 4.57 Å².